The Bertz CT molecular complexity index is 890. The van der Waals surface area contributed by atoms with E-state index in [9.17, 15) is 14.3 Å². The van der Waals surface area contributed by atoms with Crippen molar-refractivity contribution in [1.29, 1.82) is 0 Å². The summed E-state index contributed by atoms with van der Waals surface area (Å²) in [6.45, 7) is -0.252. The number of halogens is 3. The van der Waals surface area contributed by atoms with Crippen LogP contribution in [0.5, 0.6) is 0 Å². The number of aliphatic hydroxyl groups is 1. The standard InChI is InChI=1S/C21H20Cl2FNO3/c22-15-3-1-2-14(8-15)21-20(13-6-7-16(23)17(24)9-13)25(19(27)11-28-21)18(10-26)12-4-5-12/h1-3,6-9,12,18,20-21,26H,4-5,10-11H2/t18-,20?,21-/m1/s1. The molecule has 148 valence electrons. The van der Waals surface area contributed by atoms with Gasteiger partial charge in [0, 0.05) is 5.02 Å². The fourth-order valence-electron chi connectivity index (χ4n) is 3.96. The number of ether oxygens (including phenoxy) is 1. The maximum Gasteiger partial charge on any atom is 0.249 e. The summed E-state index contributed by atoms with van der Waals surface area (Å²) in [7, 11) is 0. The van der Waals surface area contributed by atoms with Crippen LogP contribution in [0.3, 0.4) is 0 Å². The zero-order valence-electron chi connectivity index (χ0n) is 15.0. The van der Waals surface area contributed by atoms with Crippen LogP contribution in [0.4, 0.5) is 4.39 Å². The van der Waals surface area contributed by atoms with E-state index in [0.29, 0.717) is 10.6 Å². The lowest BCUT2D eigenvalue weighted by molar-refractivity contribution is -0.165. The molecule has 4 rings (SSSR count). The second-order valence-electron chi connectivity index (χ2n) is 7.29. The quantitative estimate of drug-likeness (QED) is 0.767. The molecule has 0 aromatic heterocycles. The molecule has 0 spiro atoms. The third-order valence-electron chi connectivity index (χ3n) is 5.43. The number of hydrogen-bond acceptors (Lipinski definition) is 3. The van der Waals surface area contributed by atoms with Gasteiger partial charge < -0.3 is 14.7 Å². The highest BCUT2D eigenvalue weighted by Gasteiger charge is 2.46. The minimum Gasteiger partial charge on any atom is -0.394 e. The molecule has 1 saturated heterocycles. The van der Waals surface area contributed by atoms with E-state index >= 15 is 0 Å². The van der Waals surface area contributed by atoms with Crippen LogP contribution >= 0.6 is 23.2 Å². The highest BCUT2D eigenvalue weighted by molar-refractivity contribution is 6.31. The molecule has 4 nitrogen and oxygen atoms in total. The molecule has 2 aromatic rings. The zero-order valence-corrected chi connectivity index (χ0v) is 16.5. The van der Waals surface area contributed by atoms with Gasteiger partial charge in [0.2, 0.25) is 5.91 Å². The summed E-state index contributed by atoms with van der Waals surface area (Å²) in [5.41, 5.74) is 1.36. The molecule has 2 fully saturated rings. The molecule has 7 heteroatoms. The third-order valence-corrected chi connectivity index (χ3v) is 5.98. The van der Waals surface area contributed by atoms with Gasteiger partial charge in [-0.25, -0.2) is 4.39 Å². The predicted octanol–water partition coefficient (Wildman–Crippen LogP) is 4.54. The molecule has 1 saturated carbocycles. The van der Waals surface area contributed by atoms with Crippen molar-refractivity contribution in [3.05, 3.63) is 69.5 Å². The van der Waals surface area contributed by atoms with Crippen LogP contribution in [-0.4, -0.2) is 35.2 Å². The van der Waals surface area contributed by atoms with E-state index in [2.05, 4.69) is 0 Å². The van der Waals surface area contributed by atoms with Gasteiger partial charge in [0.25, 0.3) is 0 Å². The molecule has 1 aliphatic carbocycles. The Morgan fingerprint density at radius 1 is 1.18 bits per heavy atom. The van der Waals surface area contributed by atoms with Crippen molar-refractivity contribution < 1.29 is 19.0 Å². The molecule has 2 aliphatic rings. The number of aliphatic hydroxyl groups excluding tert-OH is 1. The largest absolute Gasteiger partial charge is 0.394 e. The van der Waals surface area contributed by atoms with Gasteiger partial charge in [0.15, 0.2) is 0 Å². The lowest BCUT2D eigenvalue weighted by Gasteiger charge is -2.45. The highest BCUT2D eigenvalue weighted by Crippen LogP contribution is 2.46. The summed E-state index contributed by atoms with van der Waals surface area (Å²) in [5, 5.41) is 10.6. The van der Waals surface area contributed by atoms with Crippen LogP contribution in [-0.2, 0) is 9.53 Å². The molecule has 1 N–H and O–H groups in total. The summed E-state index contributed by atoms with van der Waals surface area (Å²) in [6.07, 6.45) is 1.38. The van der Waals surface area contributed by atoms with Gasteiger partial charge >= 0.3 is 0 Å². The molecule has 1 heterocycles. The molecule has 0 bridgehead atoms. The normalized spacial score (nSPS) is 23.7. The van der Waals surface area contributed by atoms with Gasteiger partial charge in [-0.15, -0.1) is 0 Å². The Morgan fingerprint density at radius 2 is 1.96 bits per heavy atom. The Balaban J connectivity index is 1.82. The summed E-state index contributed by atoms with van der Waals surface area (Å²) >= 11 is 12.0. The van der Waals surface area contributed by atoms with Crippen molar-refractivity contribution in [2.45, 2.75) is 31.0 Å². The number of hydrogen-bond donors (Lipinski definition) is 1. The molecule has 3 atom stereocenters. The summed E-state index contributed by atoms with van der Waals surface area (Å²) < 4.78 is 20.2. The van der Waals surface area contributed by atoms with E-state index < -0.39 is 18.0 Å². The number of carbonyl (C=O) groups excluding carboxylic acids is 1. The molecule has 1 amide bonds. The Kier molecular flexibility index (Phi) is 5.61. The Hall–Kier alpha value is -1.66. The average molecular weight is 424 g/mol. The van der Waals surface area contributed by atoms with Crippen molar-refractivity contribution in [3.8, 4) is 0 Å². The first kappa shape index (κ1) is 19.6. The molecule has 1 unspecified atom stereocenters. The Labute approximate surface area is 172 Å². The van der Waals surface area contributed by atoms with Crippen LogP contribution in [0.25, 0.3) is 0 Å². The molecular formula is C21H20Cl2FNO3. The maximum absolute atomic E-state index is 14.3. The van der Waals surface area contributed by atoms with Crippen molar-refractivity contribution in [2.24, 2.45) is 5.92 Å². The van der Waals surface area contributed by atoms with E-state index in [1.165, 1.54) is 12.1 Å². The summed E-state index contributed by atoms with van der Waals surface area (Å²) in [5.74, 6) is -0.537. The van der Waals surface area contributed by atoms with Gasteiger partial charge in [0.1, 0.15) is 18.5 Å². The van der Waals surface area contributed by atoms with E-state index in [0.717, 1.165) is 18.4 Å². The van der Waals surface area contributed by atoms with Crippen LogP contribution in [0.15, 0.2) is 42.5 Å². The van der Waals surface area contributed by atoms with Gasteiger partial charge in [-0.2, -0.15) is 0 Å². The van der Waals surface area contributed by atoms with Crippen LogP contribution in [0, 0.1) is 11.7 Å². The number of morpholine rings is 1. The van der Waals surface area contributed by atoms with Gasteiger partial charge in [-0.1, -0.05) is 41.4 Å². The van der Waals surface area contributed by atoms with E-state index in [1.54, 1.807) is 23.1 Å². The first-order valence-corrected chi connectivity index (χ1v) is 9.99. The number of carbonyl (C=O) groups is 1. The number of rotatable bonds is 5. The fraction of sp³-hybridized carbons (Fsp3) is 0.381. The van der Waals surface area contributed by atoms with Crippen molar-refractivity contribution in [3.63, 3.8) is 0 Å². The van der Waals surface area contributed by atoms with Crippen molar-refractivity contribution in [2.75, 3.05) is 13.2 Å². The number of amides is 1. The molecule has 2 aromatic carbocycles. The fourth-order valence-corrected chi connectivity index (χ4v) is 4.27. The van der Waals surface area contributed by atoms with E-state index in [4.69, 9.17) is 27.9 Å². The average Bonchev–Trinajstić information content (AvgIpc) is 3.51. The van der Waals surface area contributed by atoms with E-state index in [1.807, 2.05) is 12.1 Å². The Morgan fingerprint density at radius 3 is 2.61 bits per heavy atom. The maximum atomic E-state index is 14.3. The highest BCUT2D eigenvalue weighted by atomic mass is 35.5. The van der Waals surface area contributed by atoms with Gasteiger partial charge in [0.05, 0.1) is 23.7 Å². The third kappa shape index (κ3) is 3.77. The predicted molar refractivity (Wildman–Crippen MR) is 105 cm³/mol. The van der Waals surface area contributed by atoms with Gasteiger partial charge in [-0.3, -0.25) is 4.79 Å². The topological polar surface area (TPSA) is 49.8 Å². The lowest BCUT2D eigenvalue weighted by atomic mass is 9.90. The second kappa shape index (κ2) is 7.99. The second-order valence-corrected chi connectivity index (χ2v) is 8.14. The smallest absolute Gasteiger partial charge is 0.249 e. The zero-order chi connectivity index (χ0) is 19.8. The minimum absolute atomic E-state index is 0.0126. The first-order chi connectivity index (χ1) is 13.5. The first-order valence-electron chi connectivity index (χ1n) is 9.23. The lowest BCUT2D eigenvalue weighted by Crippen LogP contribution is -2.52. The van der Waals surface area contributed by atoms with Crippen LogP contribution < -0.4 is 0 Å². The SMILES string of the molecule is O=C1CO[C@H](c2cccc(Cl)c2)C(c2ccc(Cl)c(F)c2)N1[C@H](CO)C1CC1. The molecular weight excluding hydrogens is 404 g/mol. The summed E-state index contributed by atoms with van der Waals surface area (Å²) in [4.78, 5) is 14.5. The van der Waals surface area contributed by atoms with E-state index in [-0.39, 0.29) is 36.1 Å². The van der Waals surface area contributed by atoms with Gasteiger partial charge in [-0.05, 0) is 54.2 Å². The monoisotopic (exact) mass is 423 g/mol. The number of nitrogens with zero attached hydrogens (tertiary/aromatic N) is 1. The van der Waals surface area contributed by atoms with Crippen LogP contribution in [0.1, 0.15) is 36.1 Å². The molecule has 1 aliphatic heterocycles. The summed E-state index contributed by atoms with van der Waals surface area (Å²) in [6, 6.07) is 10.8. The molecule has 28 heavy (non-hydrogen) atoms. The van der Waals surface area contributed by atoms with Crippen molar-refractivity contribution in [1.82, 2.24) is 4.90 Å². The van der Waals surface area contributed by atoms with Crippen molar-refractivity contribution >= 4 is 29.1 Å². The minimum atomic E-state index is -0.593. The molecule has 0 radical (unpaired) electrons. The van der Waals surface area contributed by atoms with Crippen LogP contribution in [0.2, 0.25) is 10.0 Å². The number of benzene rings is 2.